The van der Waals surface area contributed by atoms with Crippen LogP contribution < -0.4 is 0 Å². The molecule has 5 nitrogen and oxygen atoms in total. The Balaban J connectivity index is 3.05. The second kappa shape index (κ2) is 6.47. The highest BCUT2D eigenvalue weighted by Gasteiger charge is 2.18. The first-order valence-corrected chi connectivity index (χ1v) is 6.25. The van der Waals surface area contributed by atoms with E-state index in [1.165, 1.54) is 25.3 Å². The summed E-state index contributed by atoms with van der Waals surface area (Å²) in [6.07, 6.45) is 0. The number of methoxy groups -OCH3 is 1. The molecular weight excluding hydrogens is 266 g/mol. The Labute approximate surface area is 117 Å². The van der Waals surface area contributed by atoms with Gasteiger partial charge in [-0.05, 0) is 17.7 Å². The molecule has 0 heterocycles. The van der Waals surface area contributed by atoms with Gasteiger partial charge in [0.25, 0.3) is 0 Å². The fourth-order valence-electron chi connectivity index (χ4n) is 1.33. The smallest absolute Gasteiger partial charge is 0.337 e. The molecule has 98 valence electrons. The normalized spacial score (nSPS) is 13.1. The van der Waals surface area contributed by atoms with Crippen LogP contribution in [-0.2, 0) is 4.74 Å². The minimum absolute atomic E-state index is 0.253. The molecule has 1 aromatic rings. The van der Waals surface area contributed by atoms with Crippen molar-refractivity contribution in [3.63, 3.8) is 0 Å². The van der Waals surface area contributed by atoms with E-state index >= 15 is 0 Å². The molecule has 3 N–H and O–H groups in total. The van der Waals surface area contributed by atoms with Crippen LogP contribution in [0.4, 0.5) is 0 Å². The maximum atomic E-state index is 11.4. The molecule has 0 saturated heterocycles. The molecule has 1 rings (SSSR count). The highest BCUT2D eigenvalue weighted by Crippen LogP contribution is 2.29. The van der Waals surface area contributed by atoms with Crippen molar-refractivity contribution in [3.05, 3.63) is 29.3 Å². The number of rotatable bonds is 5. The lowest BCUT2D eigenvalue weighted by Gasteiger charge is -2.18. The van der Waals surface area contributed by atoms with Crippen LogP contribution in [0.2, 0.25) is 0 Å². The first-order valence-electron chi connectivity index (χ1n) is 5.27. The van der Waals surface area contributed by atoms with Gasteiger partial charge in [0.1, 0.15) is 13.5 Å². The molecule has 0 spiro atoms. The van der Waals surface area contributed by atoms with Gasteiger partial charge in [-0.1, -0.05) is 6.07 Å². The van der Waals surface area contributed by atoms with Crippen molar-refractivity contribution in [3.8, 4) is 0 Å². The molecule has 0 fully saturated rings. The van der Waals surface area contributed by atoms with Crippen LogP contribution in [0.1, 0.15) is 21.9 Å². The third kappa shape index (κ3) is 4.91. The minimum Gasteiger partial charge on any atom is -0.465 e. The van der Waals surface area contributed by atoms with E-state index in [0.717, 1.165) is 11.8 Å². The molecule has 1 unspecified atom stereocenters. The van der Waals surface area contributed by atoms with E-state index in [9.17, 15) is 9.90 Å². The molecular formula is C11H12B2O5S. The Morgan fingerprint density at radius 2 is 2.16 bits per heavy atom. The molecule has 19 heavy (non-hydrogen) atoms. The van der Waals surface area contributed by atoms with Crippen LogP contribution >= 0.6 is 11.8 Å². The van der Waals surface area contributed by atoms with E-state index < -0.39 is 17.7 Å². The molecule has 0 saturated carbocycles. The predicted octanol–water partition coefficient (Wildman–Crippen LogP) is -0.468. The van der Waals surface area contributed by atoms with Crippen molar-refractivity contribution < 1.29 is 24.9 Å². The van der Waals surface area contributed by atoms with Crippen LogP contribution in [0, 0.1) is 0 Å². The number of hydrogen-bond donors (Lipinski definition) is 3. The summed E-state index contributed by atoms with van der Waals surface area (Å²) in [5.41, 5.74) is -1.75. The molecule has 4 radical (unpaired) electrons. The van der Waals surface area contributed by atoms with Crippen LogP contribution in [0.15, 0.2) is 23.1 Å². The van der Waals surface area contributed by atoms with Crippen LogP contribution in [0.3, 0.4) is 0 Å². The predicted molar refractivity (Wildman–Crippen MR) is 72.1 cm³/mol. The lowest BCUT2D eigenvalue weighted by Crippen LogP contribution is -2.31. The standard InChI is InChI=1S/C11H12B2O5S/c1-18-10(15)6-2-3-7(9(12)14)8(4-6)19-5-11(13,16)17/h2-4,9,14,16-17H,5H2,1H3. The minimum atomic E-state index is -2.36. The lowest BCUT2D eigenvalue weighted by atomic mass is 9.92. The second-order valence-electron chi connectivity index (χ2n) is 3.86. The Bertz CT molecular complexity index is 459. The summed E-state index contributed by atoms with van der Waals surface area (Å²) in [5.74, 6) is -0.802. The number of aliphatic hydroxyl groups is 3. The van der Waals surface area contributed by atoms with Crippen LogP contribution in [0.25, 0.3) is 0 Å². The summed E-state index contributed by atoms with van der Waals surface area (Å²) < 4.78 is 4.57. The monoisotopic (exact) mass is 278 g/mol. The molecule has 1 aromatic carbocycles. The van der Waals surface area contributed by atoms with Gasteiger partial charge in [0.05, 0.1) is 12.7 Å². The maximum Gasteiger partial charge on any atom is 0.337 e. The molecule has 0 amide bonds. The van der Waals surface area contributed by atoms with E-state index in [-0.39, 0.29) is 11.3 Å². The number of esters is 1. The number of carbonyl (C=O) groups excluding carboxylic acids is 1. The Hall–Kier alpha value is -0.950. The summed E-state index contributed by atoms with van der Waals surface area (Å²) in [4.78, 5) is 11.8. The van der Waals surface area contributed by atoms with Crippen LogP contribution in [-0.4, -0.2) is 55.5 Å². The first-order chi connectivity index (χ1) is 8.74. The summed E-state index contributed by atoms with van der Waals surface area (Å²) in [5, 5.41) is 27.5. The number of carbonyl (C=O) groups is 1. The molecule has 0 aliphatic heterocycles. The zero-order chi connectivity index (χ0) is 14.6. The molecule has 0 aromatic heterocycles. The largest absolute Gasteiger partial charge is 0.465 e. The topological polar surface area (TPSA) is 87.0 Å². The highest BCUT2D eigenvalue weighted by molar-refractivity contribution is 7.99. The zero-order valence-electron chi connectivity index (χ0n) is 10.2. The van der Waals surface area contributed by atoms with Gasteiger partial charge in [0, 0.05) is 16.7 Å². The van der Waals surface area contributed by atoms with Gasteiger partial charge < -0.3 is 20.1 Å². The number of aliphatic hydroxyl groups excluding tert-OH is 1. The SMILES string of the molecule is [B]C(O)c1ccc(C(=O)OC)cc1SCC([B])(O)O. The van der Waals surface area contributed by atoms with Gasteiger partial charge in [-0.25, -0.2) is 4.79 Å². The molecule has 0 bridgehead atoms. The van der Waals surface area contributed by atoms with Crippen molar-refractivity contribution >= 4 is 33.4 Å². The van der Waals surface area contributed by atoms with Crippen molar-refractivity contribution in [1.29, 1.82) is 0 Å². The number of thioether (sulfide) groups is 1. The third-order valence-corrected chi connectivity index (χ3v) is 3.43. The summed E-state index contributed by atoms with van der Waals surface area (Å²) in [6.45, 7) is 0. The Morgan fingerprint density at radius 3 is 2.63 bits per heavy atom. The number of hydrogen-bond acceptors (Lipinski definition) is 6. The number of benzene rings is 1. The van der Waals surface area contributed by atoms with Gasteiger partial charge in [-0.3, -0.25) is 0 Å². The van der Waals surface area contributed by atoms with E-state index in [4.69, 9.17) is 25.9 Å². The van der Waals surface area contributed by atoms with E-state index in [2.05, 4.69) is 4.74 Å². The maximum absolute atomic E-state index is 11.4. The molecule has 0 aliphatic rings. The van der Waals surface area contributed by atoms with E-state index in [1.54, 1.807) is 0 Å². The van der Waals surface area contributed by atoms with Gasteiger partial charge in [0.2, 0.25) is 0 Å². The second-order valence-corrected chi connectivity index (χ2v) is 4.87. The van der Waals surface area contributed by atoms with Crippen LogP contribution in [0.5, 0.6) is 0 Å². The van der Waals surface area contributed by atoms with Gasteiger partial charge in [-0.15, -0.1) is 11.8 Å². The zero-order valence-corrected chi connectivity index (χ0v) is 11.1. The summed E-state index contributed by atoms with van der Waals surface area (Å²) in [6, 6.07) is 3.10. The average molecular weight is 278 g/mol. The highest BCUT2D eigenvalue weighted by atomic mass is 32.2. The fourth-order valence-corrected chi connectivity index (χ4v) is 2.27. The molecule has 8 heteroatoms. The first kappa shape index (κ1) is 16.1. The molecule has 0 aliphatic carbocycles. The quantitative estimate of drug-likeness (QED) is 0.292. The van der Waals surface area contributed by atoms with E-state index in [0.29, 0.717) is 10.5 Å². The van der Waals surface area contributed by atoms with E-state index in [1.807, 2.05) is 0 Å². The lowest BCUT2D eigenvalue weighted by molar-refractivity contribution is -0.0635. The average Bonchev–Trinajstić information content (AvgIpc) is 2.34. The van der Waals surface area contributed by atoms with Crippen molar-refractivity contribution in [2.45, 2.75) is 16.6 Å². The number of ether oxygens (including phenoxy) is 1. The summed E-state index contributed by atoms with van der Waals surface area (Å²) in [7, 11) is 11.7. The van der Waals surface area contributed by atoms with Crippen molar-refractivity contribution in [2.75, 3.05) is 12.9 Å². The third-order valence-electron chi connectivity index (χ3n) is 2.19. The Kier molecular flexibility index (Phi) is 5.49. The van der Waals surface area contributed by atoms with Gasteiger partial charge in [0.15, 0.2) is 7.85 Å². The molecule has 1 atom stereocenters. The van der Waals surface area contributed by atoms with Crippen molar-refractivity contribution in [2.24, 2.45) is 0 Å². The summed E-state index contributed by atoms with van der Waals surface area (Å²) >= 11 is 0.952. The fraction of sp³-hybridized carbons (Fsp3) is 0.364. The Morgan fingerprint density at radius 1 is 1.53 bits per heavy atom. The van der Waals surface area contributed by atoms with Gasteiger partial charge >= 0.3 is 5.97 Å². The van der Waals surface area contributed by atoms with Gasteiger partial charge in [-0.2, -0.15) is 0 Å². The van der Waals surface area contributed by atoms with Crippen molar-refractivity contribution in [1.82, 2.24) is 0 Å².